The normalized spacial score (nSPS) is 22.5. The van der Waals surface area contributed by atoms with Crippen LogP contribution in [0.3, 0.4) is 0 Å². The average Bonchev–Trinajstić information content (AvgIpc) is 2.75. The van der Waals surface area contributed by atoms with Gasteiger partial charge in [-0.3, -0.25) is 4.98 Å². The first-order valence-corrected chi connectivity index (χ1v) is 10.9. The van der Waals surface area contributed by atoms with Crippen LogP contribution in [0.25, 0.3) is 11.1 Å². The zero-order valence-corrected chi connectivity index (χ0v) is 18.3. The maximum atomic E-state index is 13.9. The molecule has 1 fully saturated rings. The molecule has 1 aromatic carbocycles. The number of hydrogen-bond acceptors (Lipinski definition) is 6. The van der Waals surface area contributed by atoms with Gasteiger partial charge >= 0.3 is 0 Å². The molecule has 1 unspecified atom stereocenters. The third-order valence-corrected chi connectivity index (χ3v) is 6.55. The summed E-state index contributed by atoms with van der Waals surface area (Å²) in [5.74, 6) is -0.0767. The standard InChI is InChI=1S/C22H22FIN4O2/c23-18-4-2-1-3-16(18)15-11-26-21(27-12-15)28-20(29)14-5-8-22(30,9-6-14)17-7-10-25-13-19(17)24/h1-4,7,10-14,20,29-30H,5-6,8-9H2,(H,26,27,28). The Balaban J connectivity index is 1.38. The van der Waals surface area contributed by atoms with Crippen LogP contribution in [0.15, 0.2) is 55.1 Å². The number of nitrogens with zero attached hydrogens (tertiary/aromatic N) is 3. The van der Waals surface area contributed by atoms with Gasteiger partial charge in [0, 0.05) is 45.4 Å². The summed E-state index contributed by atoms with van der Waals surface area (Å²) in [5.41, 5.74) is 1.00. The summed E-state index contributed by atoms with van der Waals surface area (Å²) in [5, 5.41) is 24.6. The Labute approximate surface area is 187 Å². The van der Waals surface area contributed by atoms with Gasteiger partial charge in [0.25, 0.3) is 0 Å². The number of benzene rings is 1. The number of aliphatic hydroxyl groups is 2. The summed E-state index contributed by atoms with van der Waals surface area (Å²) in [7, 11) is 0. The summed E-state index contributed by atoms with van der Waals surface area (Å²) in [6.07, 6.45) is 8.13. The molecule has 6 nitrogen and oxygen atoms in total. The molecule has 0 saturated heterocycles. The lowest BCUT2D eigenvalue weighted by Gasteiger charge is -2.38. The Morgan fingerprint density at radius 2 is 1.80 bits per heavy atom. The van der Waals surface area contributed by atoms with Crippen molar-refractivity contribution in [1.29, 1.82) is 0 Å². The van der Waals surface area contributed by atoms with Crippen LogP contribution in [0.2, 0.25) is 0 Å². The molecule has 8 heteroatoms. The van der Waals surface area contributed by atoms with Gasteiger partial charge in [-0.05, 0) is 66.0 Å². The zero-order chi connectivity index (χ0) is 21.1. The van der Waals surface area contributed by atoms with E-state index in [2.05, 4.69) is 42.9 Å². The van der Waals surface area contributed by atoms with Crippen LogP contribution < -0.4 is 5.32 Å². The monoisotopic (exact) mass is 520 g/mol. The Hall–Kier alpha value is -2.17. The van der Waals surface area contributed by atoms with Crippen molar-refractivity contribution in [3.05, 3.63) is 70.1 Å². The van der Waals surface area contributed by atoms with Gasteiger partial charge in [0.15, 0.2) is 0 Å². The summed E-state index contributed by atoms with van der Waals surface area (Å²) in [4.78, 5) is 12.5. The van der Waals surface area contributed by atoms with Gasteiger partial charge in [0.1, 0.15) is 12.0 Å². The molecule has 0 aliphatic heterocycles. The van der Waals surface area contributed by atoms with Crippen LogP contribution in [0.4, 0.5) is 10.3 Å². The number of anilines is 1. The van der Waals surface area contributed by atoms with Crippen molar-refractivity contribution in [3.63, 3.8) is 0 Å². The lowest BCUT2D eigenvalue weighted by atomic mass is 9.75. The summed E-state index contributed by atoms with van der Waals surface area (Å²) >= 11 is 2.19. The van der Waals surface area contributed by atoms with Gasteiger partial charge in [0.05, 0.1) is 5.60 Å². The number of halogens is 2. The molecule has 0 spiro atoms. The van der Waals surface area contributed by atoms with Crippen molar-refractivity contribution >= 4 is 28.5 Å². The molecule has 0 radical (unpaired) electrons. The summed E-state index contributed by atoms with van der Waals surface area (Å²) in [6.45, 7) is 0. The van der Waals surface area contributed by atoms with E-state index in [0.29, 0.717) is 36.8 Å². The van der Waals surface area contributed by atoms with E-state index in [1.54, 1.807) is 30.6 Å². The molecule has 1 saturated carbocycles. The van der Waals surface area contributed by atoms with Crippen molar-refractivity contribution in [2.24, 2.45) is 5.92 Å². The van der Waals surface area contributed by atoms with Crippen molar-refractivity contribution in [1.82, 2.24) is 15.0 Å². The molecule has 156 valence electrons. The van der Waals surface area contributed by atoms with E-state index in [1.807, 2.05) is 6.07 Å². The first-order valence-electron chi connectivity index (χ1n) is 9.80. The first-order chi connectivity index (χ1) is 14.5. The molecule has 1 atom stereocenters. The van der Waals surface area contributed by atoms with Gasteiger partial charge in [0.2, 0.25) is 5.95 Å². The molecule has 1 aliphatic carbocycles. The van der Waals surface area contributed by atoms with Crippen LogP contribution in [-0.4, -0.2) is 31.4 Å². The molecule has 3 aromatic rings. The second-order valence-electron chi connectivity index (χ2n) is 7.59. The molecule has 4 rings (SSSR count). The molecular formula is C22H22FIN4O2. The Bertz CT molecular complexity index is 1010. The number of aromatic nitrogens is 3. The number of nitrogens with one attached hydrogen (secondary N) is 1. The van der Waals surface area contributed by atoms with Crippen LogP contribution >= 0.6 is 22.6 Å². The lowest BCUT2D eigenvalue weighted by Crippen LogP contribution is -2.38. The van der Waals surface area contributed by atoms with Crippen molar-refractivity contribution in [2.45, 2.75) is 37.5 Å². The fraction of sp³-hybridized carbons (Fsp3) is 0.318. The highest BCUT2D eigenvalue weighted by Crippen LogP contribution is 2.41. The summed E-state index contributed by atoms with van der Waals surface area (Å²) < 4.78 is 14.8. The molecular weight excluding hydrogens is 498 g/mol. The molecule has 3 N–H and O–H groups in total. The maximum Gasteiger partial charge on any atom is 0.224 e. The van der Waals surface area contributed by atoms with E-state index in [9.17, 15) is 14.6 Å². The molecule has 0 bridgehead atoms. The molecule has 2 aromatic heterocycles. The zero-order valence-electron chi connectivity index (χ0n) is 16.2. The van der Waals surface area contributed by atoms with E-state index in [4.69, 9.17) is 0 Å². The number of pyridine rings is 1. The fourth-order valence-corrected chi connectivity index (χ4v) is 4.79. The molecule has 2 heterocycles. The highest BCUT2D eigenvalue weighted by atomic mass is 127. The van der Waals surface area contributed by atoms with Gasteiger partial charge < -0.3 is 15.5 Å². The third-order valence-electron chi connectivity index (χ3n) is 5.69. The van der Waals surface area contributed by atoms with Gasteiger partial charge in [-0.15, -0.1) is 0 Å². The minimum absolute atomic E-state index is 0.0281. The predicted octanol–water partition coefficient (Wildman–Crippen LogP) is 4.09. The van der Waals surface area contributed by atoms with E-state index in [1.165, 1.54) is 18.5 Å². The topological polar surface area (TPSA) is 91.2 Å². The number of aliphatic hydroxyl groups excluding tert-OH is 1. The van der Waals surface area contributed by atoms with Crippen LogP contribution in [0.5, 0.6) is 0 Å². The third kappa shape index (κ3) is 4.45. The second kappa shape index (κ2) is 8.91. The number of hydrogen-bond donors (Lipinski definition) is 3. The van der Waals surface area contributed by atoms with E-state index < -0.39 is 11.8 Å². The van der Waals surface area contributed by atoms with E-state index >= 15 is 0 Å². The first kappa shape index (κ1) is 21.1. The SMILES string of the molecule is OC(Nc1ncc(-c2ccccc2F)cn1)C1CCC(O)(c2ccncc2I)CC1. The largest absolute Gasteiger partial charge is 0.385 e. The van der Waals surface area contributed by atoms with Crippen LogP contribution in [-0.2, 0) is 5.60 Å². The van der Waals surface area contributed by atoms with Gasteiger partial charge in [-0.2, -0.15) is 0 Å². The average molecular weight is 520 g/mol. The van der Waals surface area contributed by atoms with Crippen molar-refractivity contribution in [2.75, 3.05) is 5.32 Å². The lowest BCUT2D eigenvalue weighted by molar-refractivity contribution is -0.0324. The molecule has 1 aliphatic rings. The minimum atomic E-state index is -0.895. The Morgan fingerprint density at radius 3 is 2.47 bits per heavy atom. The van der Waals surface area contributed by atoms with Gasteiger partial charge in [-0.25, -0.2) is 14.4 Å². The van der Waals surface area contributed by atoms with Crippen molar-refractivity contribution in [3.8, 4) is 11.1 Å². The predicted molar refractivity (Wildman–Crippen MR) is 120 cm³/mol. The number of rotatable bonds is 5. The summed E-state index contributed by atoms with van der Waals surface area (Å²) in [6, 6.07) is 8.31. The molecule has 30 heavy (non-hydrogen) atoms. The Kier molecular flexibility index (Phi) is 6.26. The van der Waals surface area contributed by atoms with E-state index in [0.717, 1.165) is 9.13 Å². The van der Waals surface area contributed by atoms with Gasteiger partial charge in [-0.1, -0.05) is 18.2 Å². The molecule has 0 amide bonds. The van der Waals surface area contributed by atoms with Crippen LogP contribution in [0.1, 0.15) is 31.2 Å². The maximum absolute atomic E-state index is 13.9. The van der Waals surface area contributed by atoms with Crippen LogP contribution in [0, 0.1) is 15.3 Å². The second-order valence-corrected chi connectivity index (χ2v) is 8.75. The van der Waals surface area contributed by atoms with E-state index in [-0.39, 0.29) is 17.7 Å². The Morgan fingerprint density at radius 1 is 1.10 bits per heavy atom. The fourth-order valence-electron chi connectivity index (χ4n) is 3.94. The highest BCUT2D eigenvalue weighted by Gasteiger charge is 2.38. The smallest absolute Gasteiger partial charge is 0.224 e. The van der Waals surface area contributed by atoms with Crippen molar-refractivity contribution < 1.29 is 14.6 Å². The highest BCUT2D eigenvalue weighted by molar-refractivity contribution is 14.1. The quantitative estimate of drug-likeness (QED) is 0.347. The minimum Gasteiger partial charge on any atom is -0.385 e.